The normalized spacial score (nSPS) is 13.4. The molecule has 0 saturated heterocycles. The van der Waals surface area contributed by atoms with Gasteiger partial charge in [0.25, 0.3) is 5.91 Å². The molecule has 1 amide bonds. The number of carbonyl (C=O) groups is 2. The van der Waals surface area contributed by atoms with E-state index < -0.39 is 12.1 Å². The molecule has 3 rings (SSSR count). The number of benzene rings is 2. The van der Waals surface area contributed by atoms with Crippen molar-refractivity contribution in [2.75, 3.05) is 6.79 Å². The molecule has 6 nitrogen and oxygen atoms in total. The number of aryl methyl sites for hydroxylation is 1. The summed E-state index contributed by atoms with van der Waals surface area (Å²) < 4.78 is 15.7. The highest BCUT2D eigenvalue weighted by Crippen LogP contribution is 2.32. The van der Waals surface area contributed by atoms with E-state index >= 15 is 0 Å². The van der Waals surface area contributed by atoms with Crippen LogP contribution in [0.25, 0.3) is 6.08 Å². The zero-order chi connectivity index (χ0) is 19.2. The summed E-state index contributed by atoms with van der Waals surface area (Å²) in [6, 6.07) is 13.2. The number of hydrogen-bond donors (Lipinski definition) is 1. The fraction of sp³-hybridized carbons (Fsp3) is 0.238. The Bertz CT molecular complexity index is 875. The number of rotatable bonds is 6. The topological polar surface area (TPSA) is 73.9 Å². The molecule has 0 bridgehead atoms. The zero-order valence-electron chi connectivity index (χ0n) is 15.2. The quantitative estimate of drug-likeness (QED) is 0.628. The number of fused-ring (bicyclic) bond motifs is 1. The van der Waals surface area contributed by atoms with E-state index in [9.17, 15) is 9.59 Å². The summed E-state index contributed by atoms with van der Waals surface area (Å²) in [5.41, 5.74) is 2.86. The van der Waals surface area contributed by atoms with Crippen LogP contribution in [0.4, 0.5) is 0 Å². The highest BCUT2D eigenvalue weighted by Gasteiger charge is 2.17. The highest BCUT2D eigenvalue weighted by molar-refractivity contribution is 5.90. The van der Waals surface area contributed by atoms with E-state index in [0.717, 1.165) is 16.7 Å². The van der Waals surface area contributed by atoms with E-state index in [1.54, 1.807) is 12.1 Å². The lowest BCUT2D eigenvalue weighted by atomic mass is 10.1. The Balaban J connectivity index is 1.47. The highest BCUT2D eigenvalue weighted by atomic mass is 16.7. The Morgan fingerprint density at radius 2 is 2.00 bits per heavy atom. The fourth-order valence-electron chi connectivity index (χ4n) is 2.59. The van der Waals surface area contributed by atoms with Gasteiger partial charge in [-0.25, -0.2) is 4.79 Å². The lowest BCUT2D eigenvalue weighted by molar-refractivity contribution is -0.150. The van der Waals surface area contributed by atoms with Gasteiger partial charge in [0.2, 0.25) is 6.79 Å². The number of amides is 1. The molecule has 0 aliphatic carbocycles. The van der Waals surface area contributed by atoms with Crippen molar-refractivity contribution >= 4 is 18.0 Å². The number of nitrogens with one attached hydrogen (secondary N) is 1. The molecule has 0 aromatic heterocycles. The average molecular weight is 367 g/mol. The maximum atomic E-state index is 12.1. The average Bonchev–Trinajstić information content (AvgIpc) is 3.12. The second-order valence-corrected chi connectivity index (χ2v) is 6.23. The van der Waals surface area contributed by atoms with Gasteiger partial charge in [-0.05, 0) is 43.2 Å². The molecule has 2 aromatic carbocycles. The molecule has 1 aliphatic rings. The van der Waals surface area contributed by atoms with Gasteiger partial charge in [-0.1, -0.05) is 35.9 Å². The Morgan fingerprint density at radius 3 is 2.81 bits per heavy atom. The van der Waals surface area contributed by atoms with Crippen LogP contribution in [0, 0.1) is 6.92 Å². The van der Waals surface area contributed by atoms with Crippen molar-refractivity contribution < 1.29 is 23.8 Å². The Morgan fingerprint density at radius 1 is 1.19 bits per heavy atom. The minimum Gasteiger partial charge on any atom is -0.454 e. The monoisotopic (exact) mass is 367 g/mol. The SMILES string of the molecule is Cc1cccc(/C=C/C(=O)O[C@H](C)C(=O)NCc2ccc3c(c2)OCO3)c1. The maximum Gasteiger partial charge on any atom is 0.331 e. The second kappa shape index (κ2) is 8.40. The lowest BCUT2D eigenvalue weighted by Gasteiger charge is -2.12. The third-order valence-electron chi connectivity index (χ3n) is 4.02. The number of ether oxygens (including phenoxy) is 3. The summed E-state index contributed by atoms with van der Waals surface area (Å²) in [5, 5.41) is 2.74. The molecule has 6 heteroatoms. The molecule has 0 radical (unpaired) electrons. The third kappa shape index (κ3) is 5.10. The van der Waals surface area contributed by atoms with Gasteiger partial charge in [-0.15, -0.1) is 0 Å². The molecule has 1 aliphatic heterocycles. The van der Waals surface area contributed by atoms with E-state index in [0.29, 0.717) is 18.0 Å². The van der Waals surface area contributed by atoms with E-state index in [2.05, 4.69) is 5.32 Å². The maximum absolute atomic E-state index is 12.1. The van der Waals surface area contributed by atoms with Gasteiger partial charge in [-0.3, -0.25) is 4.79 Å². The first-order valence-corrected chi connectivity index (χ1v) is 8.63. The fourth-order valence-corrected chi connectivity index (χ4v) is 2.59. The van der Waals surface area contributed by atoms with Crippen molar-refractivity contribution in [2.24, 2.45) is 0 Å². The molecule has 140 valence electrons. The van der Waals surface area contributed by atoms with E-state index in [4.69, 9.17) is 14.2 Å². The van der Waals surface area contributed by atoms with Crippen molar-refractivity contribution in [3.8, 4) is 11.5 Å². The Hall–Kier alpha value is -3.28. The van der Waals surface area contributed by atoms with Crippen molar-refractivity contribution in [3.05, 3.63) is 65.2 Å². The lowest BCUT2D eigenvalue weighted by Crippen LogP contribution is -2.35. The molecular formula is C21H21NO5. The Labute approximate surface area is 157 Å². The van der Waals surface area contributed by atoms with E-state index in [1.807, 2.05) is 43.3 Å². The smallest absolute Gasteiger partial charge is 0.331 e. The molecular weight excluding hydrogens is 346 g/mol. The first-order chi connectivity index (χ1) is 13.0. The van der Waals surface area contributed by atoms with Gasteiger partial charge in [0.15, 0.2) is 17.6 Å². The largest absolute Gasteiger partial charge is 0.454 e. The van der Waals surface area contributed by atoms with Crippen LogP contribution in [0.1, 0.15) is 23.6 Å². The first-order valence-electron chi connectivity index (χ1n) is 8.63. The van der Waals surface area contributed by atoms with Gasteiger partial charge in [-0.2, -0.15) is 0 Å². The number of hydrogen-bond acceptors (Lipinski definition) is 5. The summed E-state index contributed by atoms with van der Waals surface area (Å²) >= 11 is 0. The van der Waals surface area contributed by atoms with Crippen molar-refractivity contribution in [1.82, 2.24) is 5.32 Å². The van der Waals surface area contributed by atoms with Crippen LogP contribution in [0.2, 0.25) is 0 Å². The van der Waals surface area contributed by atoms with Gasteiger partial charge < -0.3 is 19.5 Å². The van der Waals surface area contributed by atoms with Crippen LogP contribution >= 0.6 is 0 Å². The minimum absolute atomic E-state index is 0.203. The van der Waals surface area contributed by atoms with Gasteiger partial charge >= 0.3 is 5.97 Å². The zero-order valence-corrected chi connectivity index (χ0v) is 15.2. The molecule has 27 heavy (non-hydrogen) atoms. The van der Waals surface area contributed by atoms with Crippen LogP contribution in [0.15, 0.2) is 48.5 Å². The Kier molecular flexibility index (Phi) is 5.76. The predicted molar refractivity (Wildman–Crippen MR) is 100 cm³/mol. The van der Waals surface area contributed by atoms with Gasteiger partial charge in [0, 0.05) is 12.6 Å². The molecule has 0 saturated carbocycles. The minimum atomic E-state index is -0.895. The summed E-state index contributed by atoms with van der Waals surface area (Å²) in [7, 11) is 0. The van der Waals surface area contributed by atoms with Crippen LogP contribution in [0.5, 0.6) is 11.5 Å². The van der Waals surface area contributed by atoms with Crippen molar-refractivity contribution in [3.63, 3.8) is 0 Å². The third-order valence-corrected chi connectivity index (χ3v) is 4.02. The summed E-state index contributed by atoms with van der Waals surface area (Å²) in [4.78, 5) is 24.0. The molecule has 1 atom stereocenters. The molecule has 2 aromatic rings. The van der Waals surface area contributed by atoms with Crippen LogP contribution < -0.4 is 14.8 Å². The predicted octanol–water partition coefficient (Wildman–Crippen LogP) is 2.99. The first kappa shape index (κ1) is 18.5. The van der Waals surface area contributed by atoms with Gasteiger partial charge in [0.05, 0.1) is 0 Å². The van der Waals surface area contributed by atoms with Crippen molar-refractivity contribution in [2.45, 2.75) is 26.5 Å². The standard InChI is InChI=1S/C21H21NO5/c1-14-4-3-5-16(10-14)7-9-20(23)27-15(2)21(24)22-12-17-6-8-18-19(11-17)26-13-25-18/h3-11,15H,12-13H2,1-2H3,(H,22,24)/b9-7+/t15-/m1/s1. The van der Waals surface area contributed by atoms with E-state index in [-0.39, 0.29) is 12.7 Å². The van der Waals surface area contributed by atoms with Crippen LogP contribution in [-0.2, 0) is 20.9 Å². The molecule has 1 heterocycles. The summed E-state index contributed by atoms with van der Waals surface area (Å²) in [5.74, 6) is 0.405. The van der Waals surface area contributed by atoms with Crippen LogP contribution in [0.3, 0.4) is 0 Å². The molecule has 1 N–H and O–H groups in total. The summed E-state index contributed by atoms with van der Waals surface area (Å²) in [6.07, 6.45) is 2.08. The number of carbonyl (C=O) groups excluding carboxylic acids is 2. The van der Waals surface area contributed by atoms with Gasteiger partial charge in [0.1, 0.15) is 0 Å². The summed E-state index contributed by atoms with van der Waals surface area (Å²) in [6.45, 7) is 4.01. The van der Waals surface area contributed by atoms with E-state index in [1.165, 1.54) is 13.0 Å². The molecule has 0 spiro atoms. The molecule has 0 fully saturated rings. The second-order valence-electron chi connectivity index (χ2n) is 6.23. The van der Waals surface area contributed by atoms with Crippen LogP contribution in [-0.4, -0.2) is 24.8 Å². The molecule has 0 unspecified atom stereocenters. The van der Waals surface area contributed by atoms with Crippen molar-refractivity contribution in [1.29, 1.82) is 0 Å². The number of esters is 1.